The van der Waals surface area contributed by atoms with Crippen molar-refractivity contribution >= 4 is 17.9 Å². The minimum atomic E-state index is -0.805. The summed E-state index contributed by atoms with van der Waals surface area (Å²) in [7, 11) is 0. The van der Waals surface area contributed by atoms with Crippen LogP contribution in [0.4, 0.5) is 0 Å². The summed E-state index contributed by atoms with van der Waals surface area (Å²) in [5.74, 6) is -0.979. The van der Waals surface area contributed by atoms with Gasteiger partial charge in [-0.15, -0.1) is 0 Å². The monoisotopic (exact) mass is 1010 g/mol. The predicted molar refractivity (Wildman–Crippen MR) is 315 cm³/mol. The van der Waals surface area contributed by atoms with Crippen LogP contribution in [-0.4, -0.2) is 37.2 Å². The lowest BCUT2D eigenvalue weighted by Crippen LogP contribution is -2.30. The molecule has 0 rings (SSSR count). The first kappa shape index (κ1) is 68.3. The molecule has 0 N–H and O–H groups in total. The number of carbonyl (C=O) groups is 3. The SMILES string of the molecule is CC/C=C\C/C=C\C/C=C\C/C=C\C/C=C\C/C=C\C/C=C\C/C=C\C/C=C\C/C=C\CCCCC(=O)OCC(COC(=O)CCCCCCCC)OC(=O)CCCCCCC/C=C\C/C=C\CCCCCC. The third-order valence-electron chi connectivity index (χ3n) is 11.8. The Labute approximate surface area is 448 Å². The van der Waals surface area contributed by atoms with Crippen LogP contribution in [0.15, 0.2) is 146 Å². The Morgan fingerprint density at radius 1 is 0.288 bits per heavy atom. The molecule has 0 radical (unpaired) electrons. The Hall–Kier alpha value is -4.71. The number of carbonyl (C=O) groups excluding carboxylic acids is 3. The van der Waals surface area contributed by atoms with Crippen LogP contribution in [0, 0.1) is 0 Å². The normalized spacial score (nSPS) is 13.2. The van der Waals surface area contributed by atoms with Gasteiger partial charge in [0.2, 0.25) is 0 Å². The molecule has 0 aliphatic rings. The molecule has 0 saturated heterocycles. The second-order valence-corrected chi connectivity index (χ2v) is 18.8. The summed E-state index contributed by atoms with van der Waals surface area (Å²) in [4.78, 5) is 37.8. The number of hydrogen-bond donors (Lipinski definition) is 0. The minimum absolute atomic E-state index is 0.102. The topological polar surface area (TPSA) is 78.9 Å². The molecule has 0 heterocycles. The Morgan fingerprint density at radius 2 is 0.534 bits per heavy atom. The third kappa shape index (κ3) is 58.1. The van der Waals surface area contributed by atoms with E-state index in [1.54, 1.807) is 0 Å². The number of rotatable bonds is 51. The van der Waals surface area contributed by atoms with Gasteiger partial charge >= 0.3 is 17.9 Å². The van der Waals surface area contributed by atoms with Gasteiger partial charge in [-0.25, -0.2) is 0 Å². The maximum Gasteiger partial charge on any atom is 0.306 e. The summed E-state index contributed by atoms with van der Waals surface area (Å²) < 4.78 is 16.7. The molecule has 1 atom stereocenters. The van der Waals surface area contributed by atoms with Crippen LogP contribution in [0.25, 0.3) is 0 Å². The zero-order valence-corrected chi connectivity index (χ0v) is 46.8. The maximum absolute atomic E-state index is 12.8. The molecular weight excluding hydrogens is 901 g/mol. The second-order valence-electron chi connectivity index (χ2n) is 18.8. The van der Waals surface area contributed by atoms with Crippen LogP contribution in [-0.2, 0) is 28.6 Å². The highest BCUT2D eigenvalue weighted by Crippen LogP contribution is 2.12. The molecule has 0 spiro atoms. The van der Waals surface area contributed by atoms with Gasteiger partial charge < -0.3 is 14.2 Å². The fraction of sp³-hybridized carbons (Fsp3) is 0.597. The first-order chi connectivity index (χ1) is 36.0. The van der Waals surface area contributed by atoms with Gasteiger partial charge in [0.05, 0.1) is 0 Å². The number of hydrogen-bond acceptors (Lipinski definition) is 6. The molecule has 0 aliphatic heterocycles. The Bertz CT molecular complexity index is 1630. The highest BCUT2D eigenvalue weighted by molar-refractivity contribution is 5.71. The molecule has 6 nitrogen and oxygen atoms in total. The lowest BCUT2D eigenvalue weighted by atomic mass is 10.1. The van der Waals surface area contributed by atoms with Gasteiger partial charge in [0.15, 0.2) is 6.10 Å². The van der Waals surface area contributed by atoms with Crippen molar-refractivity contribution in [3.63, 3.8) is 0 Å². The molecule has 73 heavy (non-hydrogen) atoms. The Balaban J connectivity index is 4.25. The van der Waals surface area contributed by atoms with Gasteiger partial charge in [0.25, 0.3) is 0 Å². The van der Waals surface area contributed by atoms with Crippen LogP contribution >= 0.6 is 0 Å². The van der Waals surface area contributed by atoms with Crippen molar-refractivity contribution in [3.8, 4) is 0 Å². The molecule has 0 fully saturated rings. The summed E-state index contributed by atoms with van der Waals surface area (Å²) >= 11 is 0. The molecule has 0 amide bonds. The standard InChI is InChI=1S/C67H106O6/c1-4-7-10-13-16-18-20-22-24-26-27-28-29-30-31-32-33-34-35-36-37-38-39-40-41-42-44-45-47-49-51-54-57-60-66(69)72-63-64(62-71-65(68)59-56-53-15-12-9-6-3)73-67(70)61-58-55-52-50-48-46-43-25-23-21-19-17-14-11-8-5-2/h7,10,16,18-19,21-22,24-25,27-28,30-31,33-34,36-37,39-40,42-44,47,49,64H,4-6,8-9,11-15,17,20,23,26,29,32,35,38,41,45-46,48,50-63H2,1-3H3/b10-7-,18-16-,21-19-,24-22-,28-27-,31-30-,34-33-,37-36-,40-39-,43-25-,44-42-,49-47-. The van der Waals surface area contributed by atoms with E-state index in [0.717, 1.165) is 141 Å². The maximum atomic E-state index is 12.8. The van der Waals surface area contributed by atoms with Crippen LogP contribution in [0.1, 0.15) is 239 Å². The molecule has 0 bridgehead atoms. The summed E-state index contributed by atoms with van der Waals surface area (Å²) in [5.41, 5.74) is 0. The number of ether oxygens (including phenoxy) is 3. The zero-order chi connectivity index (χ0) is 52.9. The molecule has 0 saturated carbocycles. The van der Waals surface area contributed by atoms with Gasteiger partial charge in [-0.2, -0.15) is 0 Å². The lowest BCUT2D eigenvalue weighted by Gasteiger charge is -2.18. The fourth-order valence-corrected chi connectivity index (χ4v) is 7.44. The van der Waals surface area contributed by atoms with E-state index in [1.165, 1.54) is 51.4 Å². The van der Waals surface area contributed by atoms with Gasteiger partial charge in [-0.05, 0) is 128 Å². The summed E-state index contributed by atoms with van der Waals surface area (Å²) in [6, 6.07) is 0. The zero-order valence-electron chi connectivity index (χ0n) is 46.8. The molecule has 0 aromatic rings. The first-order valence-corrected chi connectivity index (χ1v) is 29.3. The largest absolute Gasteiger partial charge is 0.462 e. The van der Waals surface area contributed by atoms with E-state index in [-0.39, 0.29) is 31.1 Å². The van der Waals surface area contributed by atoms with Crippen molar-refractivity contribution in [1.82, 2.24) is 0 Å². The predicted octanol–water partition coefficient (Wildman–Crippen LogP) is 20.0. The summed E-state index contributed by atoms with van der Waals surface area (Å²) in [6.45, 7) is 6.38. The second kappa shape index (κ2) is 59.8. The quantitative estimate of drug-likeness (QED) is 0.0261. The van der Waals surface area contributed by atoms with E-state index >= 15 is 0 Å². The molecular formula is C67H106O6. The molecule has 0 aromatic heterocycles. The number of allylic oxidation sites excluding steroid dienone is 24. The minimum Gasteiger partial charge on any atom is -0.462 e. The van der Waals surface area contributed by atoms with Crippen molar-refractivity contribution in [2.24, 2.45) is 0 Å². The molecule has 0 aliphatic carbocycles. The number of unbranched alkanes of at least 4 members (excludes halogenated alkanes) is 16. The van der Waals surface area contributed by atoms with E-state index in [0.29, 0.717) is 25.7 Å². The molecule has 410 valence electrons. The van der Waals surface area contributed by atoms with Gasteiger partial charge in [0, 0.05) is 19.3 Å². The number of esters is 3. The van der Waals surface area contributed by atoms with E-state index in [2.05, 4.69) is 167 Å². The van der Waals surface area contributed by atoms with E-state index < -0.39 is 6.10 Å². The van der Waals surface area contributed by atoms with E-state index in [1.807, 2.05) is 0 Å². The molecule has 1 unspecified atom stereocenters. The lowest BCUT2D eigenvalue weighted by molar-refractivity contribution is -0.167. The average molecular weight is 1010 g/mol. The summed E-state index contributed by atoms with van der Waals surface area (Å²) in [6.07, 6.45) is 85.9. The van der Waals surface area contributed by atoms with Crippen LogP contribution in [0.5, 0.6) is 0 Å². The van der Waals surface area contributed by atoms with E-state index in [9.17, 15) is 14.4 Å². The van der Waals surface area contributed by atoms with Gasteiger partial charge in [-0.1, -0.05) is 237 Å². The van der Waals surface area contributed by atoms with Crippen LogP contribution in [0.2, 0.25) is 0 Å². The van der Waals surface area contributed by atoms with Gasteiger partial charge in [-0.3, -0.25) is 14.4 Å². The summed E-state index contributed by atoms with van der Waals surface area (Å²) in [5, 5.41) is 0. The van der Waals surface area contributed by atoms with E-state index in [4.69, 9.17) is 14.2 Å². The van der Waals surface area contributed by atoms with Gasteiger partial charge in [0.1, 0.15) is 13.2 Å². The van der Waals surface area contributed by atoms with Crippen molar-refractivity contribution in [2.75, 3.05) is 13.2 Å². The Kier molecular flexibility index (Phi) is 56.0. The molecule has 6 heteroatoms. The fourth-order valence-electron chi connectivity index (χ4n) is 7.44. The molecule has 0 aromatic carbocycles. The third-order valence-corrected chi connectivity index (χ3v) is 11.8. The van der Waals surface area contributed by atoms with Crippen LogP contribution in [0.3, 0.4) is 0 Å². The van der Waals surface area contributed by atoms with Crippen LogP contribution < -0.4 is 0 Å². The van der Waals surface area contributed by atoms with Crippen molar-refractivity contribution < 1.29 is 28.6 Å². The van der Waals surface area contributed by atoms with Crippen molar-refractivity contribution in [2.45, 2.75) is 245 Å². The highest BCUT2D eigenvalue weighted by atomic mass is 16.6. The van der Waals surface area contributed by atoms with Crippen molar-refractivity contribution in [3.05, 3.63) is 146 Å². The smallest absolute Gasteiger partial charge is 0.306 e. The van der Waals surface area contributed by atoms with Crippen molar-refractivity contribution in [1.29, 1.82) is 0 Å². The Morgan fingerprint density at radius 3 is 0.877 bits per heavy atom. The average Bonchev–Trinajstić information content (AvgIpc) is 3.39. The first-order valence-electron chi connectivity index (χ1n) is 29.3. The highest BCUT2D eigenvalue weighted by Gasteiger charge is 2.19.